The number of carbonyl (C=O) groups is 2. The second kappa shape index (κ2) is 11.7. The molecule has 2 aromatic carbocycles. The molecule has 0 fully saturated rings. The number of amides is 2. The SMILES string of the molecule is CC[C@@H](C(=O)NC(C)C)N(Cc1ccccc1C)C(=O)CN(c1cc(Cl)ccc1C)S(C)(=O)=O. The Labute approximate surface area is 208 Å². The smallest absolute Gasteiger partial charge is 0.244 e. The zero-order valence-electron chi connectivity index (χ0n) is 20.6. The van der Waals surface area contributed by atoms with Gasteiger partial charge in [0, 0.05) is 17.6 Å². The Hall–Kier alpha value is -2.58. The van der Waals surface area contributed by atoms with Crippen LogP contribution in [0.15, 0.2) is 42.5 Å². The van der Waals surface area contributed by atoms with Crippen LogP contribution in [0, 0.1) is 13.8 Å². The van der Waals surface area contributed by atoms with Crippen molar-refractivity contribution in [1.82, 2.24) is 10.2 Å². The molecule has 7 nitrogen and oxygen atoms in total. The molecule has 0 aliphatic carbocycles. The Morgan fingerprint density at radius 2 is 1.71 bits per heavy atom. The first kappa shape index (κ1) is 27.7. The minimum absolute atomic E-state index is 0.0985. The van der Waals surface area contributed by atoms with E-state index in [0.29, 0.717) is 22.7 Å². The van der Waals surface area contributed by atoms with E-state index in [1.165, 1.54) is 11.0 Å². The second-order valence-corrected chi connectivity index (χ2v) is 11.1. The first-order valence-electron chi connectivity index (χ1n) is 11.2. The summed E-state index contributed by atoms with van der Waals surface area (Å²) in [7, 11) is -3.81. The van der Waals surface area contributed by atoms with Crippen molar-refractivity contribution in [3.63, 3.8) is 0 Å². The number of halogens is 1. The number of rotatable bonds is 10. The summed E-state index contributed by atoms with van der Waals surface area (Å²) in [5.74, 6) is -0.747. The molecule has 0 unspecified atom stereocenters. The fourth-order valence-electron chi connectivity index (χ4n) is 3.72. The molecule has 0 heterocycles. The lowest BCUT2D eigenvalue weighted by Gasteiger charge is -2.33. The lowest BCUT2D eigenvalue weighted by molar-refractivity contribution is -0.140. The molecule has 1 N–H and O–H groups in total. The monoisotopic (exact) mass is 507 g/mol. The fraction of sp³-hybridized carbons (Fsp3) is 0.440. The van der Waals surface area contributed by atoms with Crippen LogP contribution in [0.1, 0.15) is 43.9 Å². The van der Waals surface area contributed by atoms with E-state index in [1.807, 2.05) is 52.0 Å². The predicted octanol–water partition coefficient (Wildman–Crippen LogP) is 4.05. The first-order chi connectivity index (χ1) is 15.8. The zero-order valence-corrected chi connectivity index (χ0v) is 22.2. The molecule has 1 atom stereocenters. The highest BCUT2D eigenvalue weighted by atomic mass is 35.5. The lowest BCUT2D eigenvalue weighted by atomic mass is 10.1. The van der Waals surface area contributed by atoms with Gasteiger partial charge in [0.1, 0.15) is 12.6 Å². The zero-order chi connectivity index (χ0) is 25.6. The third kappa shape index (κ3) is 7.21. The van der Waals surface area contributed by atoms with Gasteiger partial charge in [-0.2, -0.15) is 0 Å². The summed E-state index contributed by atoms with van der Waals surface area (Å²) in [6.07, 6.45) is 1.43. The van der Waals surface area contributed by atoms with Crippen LogP contribution >= 0.6 is 11.6 Å². The van der Waals surface area contributed by atoms with E-state index in [-0.39, 0.29) is 18.5 Å². The van der Waals surface area contributed by atoms with Gasteiger partial charge in [-0.15, -0.1) is 0 Å². The molecule has 0 saturated heterocycles. The predicted molar refractivity (Wildman–Crippen MR) is 137 cm³/mol. The third-order valence-corrected chi connectivity index (χ3v) is 6.90. The van der Waals surface area contributed by atoms with Gasteiger partial charge in [-0.05, 0) is 62.9 Å². The summed E-state index contributed by atoms with van der Waals surface area (Å²) in [6, 6.07) is 11.7. The Bertz CT molecular complexity index is 1130. The van der Waals surface area contributed by atoms with Crippen molar-refractivity contribution < 1.29 is 18.0 Å². The topological polar surface area (TPSA) is 86.8 Å². The van der Waals surface area contributed by atoms with Gasteiger partial charge in [0.25, 0.3) is 0 Å². The molecule has 186 valence electrons. The lowest BCUT2D eigenvalue weighted by Crippen LogP contribution is -2.53. The van der Waals surface area contributed by atoms with Gasteiger partial charge >= 0.3 is 0 Å². The molecule has 0 spiro atoms. The number of benzene rings is 2. The normalized spacial score (nSPS) is 12.4. The molecule has 0 aliphatic heterocycles. The quantitative estimate of drug-likeness (QED) is 0.525. The molecule has 2 rings (SSSR count). The van der Waals surface area contributed by atoms with Gasteiger partial charge in [-0.3, -0.25) is 13.9 Å². The van der Waals surface area contributed by atoms with Gasteiger partial charge in [0.2, 0.25) is 21.8 Å². The van der Waals surface area contributed by atoms with Gasteiger partial charge in [-0.25, -0.2) is 8.42 Å². The maximum absolute atomic E-state index is 13.7. The summed E-state index contributed by atoms with van der Waals surface area (Å²) < 4.78 is 26.5. The highest BCUT2D eigenvalue weighted by molar-refractivity contribution is 7.92. The highest BCUT2D eigenvalue weighted by Crippen LogP contribution is 2.27. The highest BCUT2D eigenvalue weighted by Gasteiger charge is 2.32. The maximum Gasteiger partial charge on any atom is 0.244 e. The van der Waals surface area contributed by atoms with Crippen LogP contribution in [0.4, 0.5) is 5.69 Å². The molecular weight excluding hydrogens is 474 g/mol. The van der Waals surface area contributed by atoms with E-state index in [4.69, 9.17) is 11.6 Å². The first-order valence-corrected chi connectivity index (χ1v) is 13.5. The maximum atomic E-state index is 13.7. The summed E-state index contributed by atoms with van der Waals surface area (Å²) in [5.41, 5.74) is 2.86. The molecule has 0 aromatic heterocycles. The average Bonchev–Trinajstić information content (AvgIpc) is 2.73. The molecule has 0 aliphatic rings. The number of aryl methyl sites for hydroxylation is 2. The van der Waals surface area contributed by atoms with Gasteiger partial charge in [0.05, 0.1) is 11.9 Å². The molecule has 2 amide bonds. The van der Waals surface area contributed by atoms with E-state index < -0.39 is 28.5 Å². The number of nitrogens with one attached hydrogen (secondary N) is 1. The van der Waals surface area contributed by atoms with Crippen molar-refractivity contribution in [3.05, 3.63) is 64.2 Å². The van der Waals surface area contributed by atoms with Crippen molar-refractivity contribution in [1.29, 1.82) is 0 Å². The standard InChI is InChI=1S/C25H34ClN3O4S/c1-7-22(25(31)27-17(2)3)28(15-20-11-9-8-10-18(20)4)24(30)16-29(34(6,32)33)23-14-21(26)13-12-19(23)5/h8-14,17,22H,7,15-16H2,1-6H3,(H,27,31)/t22-/m0/s1. The third-order valence-electron chi connectivity index (χ3n) is 5.54. The molecule has 34 heavy (non-hydrogen) atoms. The molecule has 0 saturated carbocycles. The second-order valence-electron chi connectivity index (χ2n) is 8.74. The minimum atomic E-state index is -3.81. The van der Waals surface area contributed by atoms with E-state index in [0.717, 1.165) is 21.7 Å². The molecular formula is C25H34ClN3O4S. The number of sulfonamides is 1. The van der Waals surface area contributed by atoms with Crippen LogP contribution in [0.5, 0.6) is 0 Å². The van der Waals surface area contributed by atoms with Crippen molar-refractivity contribution >= 4 is 39.1 Å². The number of nitrogens with zero attached hydrogens (tertiary/aromatic N) is 2. The number of hydrogen-bond acceptors (Lipinski definition) is 4. The van der Waals surface area contributed by atoms with E-state index in [1.54, 1.807) is 19.1 Å². The van der Waals surface area contributed by atoms with Gasteiger partial charge in [-0.1, -0.05) is 48.9 Å². The number of carbonyl (C=O) groups excluding carboxylic acids is 2. The van der Waals surface area contributed by atoms with E-state index in [9.17, 15) is 18.0 Å². The number of hydrogen-bond donors (Lipinski definition) is 1. The Balaban J connectivity index is 2.50. The van der Waals surface area contributed by atoms with Crippen molar-refractivity contribution in [2.75, 3.05) is 17.1 Å². The van der Waals surface area contributed by atoms with Crippen LogP contribution in [-0.4, -0.2) is 50.0 Å². The van der Waals surface area contributed by atoms with Crippen LogP contribution in [0.3, 0.4) is 0 Å². The summed E-state index contributed by atoms with van der Waals surface area (Å²) in [6.45, 7) is 8.96. The van der Waals surface area contributed by atoms with E-state index in [2.05, 4.69) is 5.32 Å². The largest absolute Gasteiger partial charge is 0.352 e. The molecule has 0 radical (unpaired) electrons. The average molecular weight is 508 g/mol. The Morgan fingerprint density at radius 3 is 2.26 bits per heavy atom. The summed E-state index contributed by atoms with van der Waals surface area (Å²) in [5, 5.41) is 3.24. The number of anilines is 1. The van der Waals surface area contributed by atoms with Crippen LogP contribution < -0.4 is 9.62 Å². The molecule has 0 bridgehead atoms. The minimum Gasteiger partial charge on any atom is -0.352 e. The van der Waals surface area contributed by atoms with Crippen molar-refractivity contribution in [2.24, 2.45) is 0 Å². The molecule has 9 heteroatoms. The van der Waals surface area contributed by atoms with Gasteiger partial charge < -0.3 is 10.2 Å². The van der Waals surface area contributed by atoms with Crippen LogP contribution in [-0.2, 0) is 26.2 Å². The van der Waals surface area contributed by atoms with Crippen molar-refractivity contribution in [2.45, 2.75) is 59.7 Å². The molecule has 2 aromatic rings. The van der Waals surface area contributed by atoms with E-state index >= 15 is 0 Å². The van der Waals surface area contributed by atoms with Crippen LogP contribution in [0.2, 0.25) is 5.02 Å². The van der Waals surface area contributed by atoms with Gasteiger partial charge in [0.15, 0.2) is 0 Å². The van der Waals surface area contributed by atoms with Crippen molar-refractivity contribution in [3.8, 4) is 0 Å². The summed E-state index contributed by atoms with van der Waals surface area (Å²) >= 11 is 6.13. The Morgan fingerprint density at radius 1 is 1.06 bits per heavy atom. The summed E-state index contributed by atoms with van der Waals surface area (Å²) in [4.78, 5) is 28.2. The Kier molecular flexibility index (Phi) is 9.53. The van der Waals surface area contributed by atoms with Crippen LogP contribution in [0.25, 0.3) is 0 Å². The fourth-order valence-corrected chi connectivity index (χ4v) is 4.78.